The maximum absolute atomic E-state index is 12.4. The lowest BCUT2D eigenvalue weighted by atomic mass is 9.98. The molecular formula is C14H24N4O2. The van der Waals surface area contributed by atoms with E-state index in [0.29, 0.717) is 18.7 Å². The van der Waals surface area contributed by atoms with Crippen LogP contribution in [0.3, 0.4) is 0 Å². The van der Waals surface area contributed by atoms with E-state index in [9.17, 15) is 4.79 Å². The standard InChI is InChI=1S/C14H24N4O2/c1-10-12(11(2)18(3)17-10)13(19)15-8-14(9-20-4)6-5-7-16-14/h16H,5-9H2,1-4H3,(H,15,19). The van der Waals surface area contributed by atoms with Gasteiger partial charge in [-0.15, -0.1) is 0 Å². The molecule has 0 saturated carbocycles. The summed E-state index contributed by atoms with van der Waals surface area (Å²) < 4.78 is 7.03. The first kappa shape index (κ1) is 15.0. The van der Waals surface area contributed by atoms with Crippen molar-refractivity contribution in [1.82, 2.24) is 20.4 Å². The maximum Gasteiger partial charge on any atom is 0.255 e. The van der Waals surface area contributed by atoms with Crippen molar-refractivity contribution < 1.29 is 9.53 Å². The maximum atomic E-state index is 12.4. The van der Waals surface area contributed by atoms with E-state index in [2.05, 4.69) is 15.7 Å². The van der Waals surface area contributed by atoms with E-state index < -0.39 is 0 Å². The first-order valence-electron chi connectivity index (χ1n) is 7.01. The van der Waals surface area contributed by atoms with E-state index >= 15 is 0 Å². The minimum atomic E-state index is -0.131. The number of methoxy groups -OCH3 is 1. The van der Waals surface area contributed by atoms with Gasteiger partial charge in [0.25, 0.3) is 5.91 Å². The van der Waals surface area contributed by atoms with Gasteiger partial charge in [0.15, 0.2) is 0 Å². The average Bonchev–Trinajstić information content (AvgIpc) is 2.95. The van der Waals surface area contributed by atoms with Crippen molar-refractivity contribution in [3.63, 3.8) is 0 Å². The Kier molecular flexibility index (Phi) is 4.45. The van der Waals surface area contributed by atoms with Gasteiger partial charge in [0.1, 0.15) is 0 Å². The van der Waals surface area contributed by atoms with Gasteiger partial charge in [-0.1, -0.05) is 0 Å². The van der Waals surface area contributed by atoms with Gasteiger partial charge < -0.3 is 15.4 Å². The van der Waals surface area contributed by atoms with Crippen LogP contribution in [0.2, 0.25) is 0 Å². The summed E-state index contributed by atoms with van der Waals surface area (Å²) in [7, 11) is 3.54. The van der Waals surface area contributed by atoms with Gasteiger partial charge in [0.2, 0.25) is 0 Å². The van der Waals surface area contributed by atoms with Gasteiger partial charge in [-0.3, -0.25) is 9.48 Å². The predicted molar refractivity (Wildman–Crippen MR) is 76.9 cm³/mol. The molecule has 0 spiro atoms. The highest BCUT2D eigenvalue weighted by molar-refractivity contribution is 5.96. The van der Waals surface area contributed by atoms with Gasteiger partial charge in [-0.25, -0.2) is 0 Å². The minimum absolute atomic E-state index is 0.0581. The Bertz CT molecular complexity index is 490. The number of ether oxygens (including phenoxy) is 1. The van der Waals surface area contributed by atoms with E-state index in [4.69, 9.17) is 4.74 Å². The van der Waals surface area contributed by atoms with Gasteiger partial charge in [-0.05, 0) is 33.2 Å². The molecule has 6 heteroatoms. The fraction of sp³-hybridized carbons (Fsp3) is 0.714. The minimum Gasteiger partial charge on any atom is -0.383 e. The van der Waals surface area contributed by atoms with E-state index in [1.165, 1.54) is 0 Å². The van der Waals surface area contributed by atoms with Crippen LogP contribution in [0.25, 0.3) is 0 Å². The molecule has 20 heavy (non-hydrogen) atoms. The average molecular weight is 280 g/mol. The van der Waals surface area contributed by atoms with E-state index in [1.807, 2.05) is 20.9 Å². The second kappa shape index (κ2) is 5.93. The number of hydrogen-bond donors (Lipinski definition) is 2. The molecule has 1 saturated heterocycles. The summed E-state index contributed by atoms with van der Waals surface area (Å²) in [5.41, 5.74) is 2.20. The fourth-order valence-corrected chi connectivity index (χ4v) is 2.91. The third-order valence-electron chi connectivity index (χ3n) is 4.08. The molecule has 0 aliphatic carbocycles. The third kappa shape index (κ3) is 2.86. The Labute approximate surface area is 119 Å². The van der Waals surface area contributed by atoms with Crippen LogP contribution in [0.4, 0.5) is 0 Å². The number of nitrogens with zero attached hydrogens (tertiary/aromatic N) is 2. The van der Waals surface area contributed by atoms with Crippen molar-refractivity contribution in [3.05, 3.63) is 17.0 Å². The number of carbonyl (C=O) groups is 1. The summed E-state index contributed by atoms with van der Waals surface area (Å²) in [4.78, 5) is 12.4. The summed E-state index contributed by atoms with van der Waals surface area (Å²) in [5, 5.41) is 10.8. The Morgan fingerprint density at radius 2 is 2.30 bits per heavy atom. The number of amides is 1. The second-order valence-corrected chi connectivity index (χ2v) is 5.60. The van der Waals surface area contributed by atoms with Crippen molar-refractivity contribution >= 4 is 5.91 Å². The zero-order valence-electron chi connectivity index (χ0n) is 12.7. The summed E-state index contributed by atoms with van der Waals surface area (Å²) in [6.45, 7) is 5.93. The van der Waals surface area contributed by atoms with Crippen molar-refractivity contribution in [2.45, 2.75) is 32.2 Å². The lowest BCUT2D eigenvalue weighted by molar-refractivity contribution is 0.0891. The molecule has 1 fully saturated rings. The molecule has 2 N–H and O–H groups in total. The summed E-state index contributed by atoms with van der Waals surface area (Å²) in [6, 6.07) is 0. The van der Waals surface area contributed by atoms with Crippen LogP contribution < -0.4 is 10.6 Å². The molecule has 2 rings (SSSR count). The molecule has 0 radical (unpaired) electrons. The van der Waals surface area contributed by atoms with Crippen LogP contribution in [-0.2, 0) is 11.8 Å². The van der Waals surface area contributed by atoms with Crippen LogP contribution >= 0.6 is 0 Å². The molecule has 0 aromatic carbocycles. The SMILES string of the molecule is COCC1(CNC(=O)c2c(C)nn(C)c2C)CCCN1. The Balaban J connectivity index is 2.04. The smallest absolute Gasteiger partial charge is 0.255 e. The van der Waals surface area contributed by atoms with Crippen molar-refractivity contribution in [3.8, 4) is 0 Å². The summed E-state index contributed by atoms with van der Waals surface area (Å²) >= 11 is 0. The lowest BCUT2D eigenvalue weighted by Gasteiger charge is -2.29. The van der Waals surface area contributed by atoms with Crippen molar-refractivity contribution in [2.24, 2.45) is 7.05 Å². The topological polar surface area (TPSA) is 68.2 Å². The Morgan fingerprint density at radius 1 is 1.55 bits per heavy atom. The normalized spacial score (nSPS) is 22.2. The highest BCUT2D eigenvalue weighted by Gasteiger charge is 2.34. The molecule has 0 bridgehead atoms. The molecule has 1 aliphatic rings. The monoisotopic (exact) mass is 280 g/mol. The van der Waals surface area contributed by atoms with Crippen LogP contribution in [0.1, 0.15) is 34.6 Å². The molecule has 6 nitrogen and oxygen atoms in total. The van der Waals surface area contributed by atoms with Gasteiger partial charge in [0.05, 0.1) is 23.4 Å². The number of aryl methyl sites for hydroxylation is 2. The zero-order valence-corrected chi connectivity index (χ0v) is 12.7. The number of hydrogen-bond acceptors (Lipinski definition) is 4. The highest BCUT2D eigenvalue weighted by atomic mass is 16.5. The highest BCUT2D eigenvalue weighted by Crippen LogP contribution is 2.19. The zero-order chi connectivity index (χ0) is 14.8. The number of rotatable bonds is 5. The summed E-state index contributed by atoms with van der Waals surface area (Å²) in [5.74, 6) is -0.0581. The molecule has 1 aromatic heterocycles. The van der Waals surface area contributed by atoms with Crippen LogP contribution in [0.5, 0.6) is 0 Å². The quantitative estimate of drug-likeness (QED) is 0.826. The Morgan fingerprint density at radius 3 is 2.80 bits per heavy atom. The lowest BCUT2D eigenvalue weighted by Crippen LogP contribution is -2.53. The number of nitrogens with one attached hydrogen (secondary N) is 2. The first-order valence-corrected chi connectivity index (χ1v) is 7.01. The number of aromatic nitrogens is 2. The molecule has 1 amide bonds. The van der Waals surface area contributed by atoms with Gasteiger partial charge >= 0.3 is 0 Å². The Hall–Kier alpha value is -1.40. The van der Waals surface area contributed by atoms with Crippen LogP contribution in [-0.4, -0.2) is 48.0 Å². The predicted octanol–water partition coefficient (Wildman–Crippen LogP) is 0.535. The molecule has 2 heterocycles. The van der Waals surface area contributed by atoms with E-state index in [-0.39, 0.29) is 11.4 Å². The molecule has 1 aromatic rings. The van der Waals surface area contributed by atoms with Crippen LogP contribution in [0, 0.1) is 13.8 Å². The summed E-state index contributed by atoms with van der Waals surface area (Å²) in [6.07, 6.45) is 2.14. The molecule has 1 unspecified atom stereocenters. The first-order chi connectivity index (χ1) is 9.49. The molecule has 112 valence electrons. The van der Waals surface area contributed by atoms with Crippen molar-refractivity contribution in [1.29, 1.82) is 0 Å². The third-order valence-corrected chi connectivity index (χ3v) is 4.08. The largest absolute Gasteiger partial charge is 0.383 e. The van der Waals surface area contributed by atoms with Crippen molar-refractivity contribution in [2.75, 3.05) is 26.8 Å². The molecular weight excluding hydrogens is 256 g/mol. The van der Waals surface area contributed by atoms with E-state index in [0.717, 1.165) is 30.8 Å². The number of carbonyl (C=O) groups excluding carboxylic acids is 1. The fourth-order valence-electron chi connectivity index (χ4n) is 2.91. The van der Waals surface area contributed by atoms with E-state index in [1.54, 1.807) is 11.8 Å². The van der Waals surface area contributed by atoms with Gasteiger partial charge in [-0.2, -0.15) is 5.10 Å². The molecule has 1 aliphatic heterocycles. The van der Waals surface area contributed by atoms with Crippen LogP contribution in [0.15, 0.2) is 0 Å². The second-order valence-electron chi connectivity index (χ2n) is 5.60. The molecule has 1 atom stereocenters. The van der Waals surface area contributed by atoms with Gasteiger partial charge in [0, 0.05) is 26.4 Å².